The summed E-state index contributed by atoms with van der Waals surface area (Å²) in [4.78, 5) is 23.7. The van der Waals surface area contributed by atoms with Crippen LogP contribution in [-0.4, -0.2) is 19.0 Å². The zero-order valence-electron chi connectivity index (χ0n) is 12.8. The predicted molar refractivity (Wildman–Crippen MR) is 88.8 cm³/mol. The number of ether oxygens (including phenoxy) is 1. The van der Waals surface area contributed by atoms with Crippen molar-refractivity contribution in [2.45, 2.75) is 0 Å². The first-order valence-corrected chi connectivity index (χ1v) is 7.15. The molecule has 3 aromatic rings. The summed E-state index contributed by atoms with van der Waals surface area (Å²) in [6, 6.07) is 14.9. The maximum Gasteiger partial charge on any atom is 0.340 e. The van der Waals surface area contributed by atoms with Crippen LogP contribution in [-0.2, 0) is 0 Å². The summed E-state index contributed by atoms with van der Waals surface area (Å²) in [5.74, 6) is 0.479. The molecule has 0 fully saturated rings. The molecule has 3 N–H and O–H groups in total. The monoisotopic (exact) mass is 325 g/mol. The van der Waals surface area contributed by atoms with Crippen molar-refractivity contribution in [2.75, 3.05) is 12.4 Å². The van der Waals surface area contributed by atoms with Crippen molar-refractivity contribution >= 4 is 28.8 Å². The van der Waals surface area contributed by atoms with Crippen LogP contribution in [0.15, 0.2) is 59.0 Å². The quantitative estimate of drug-likeness (QED) is 0.646. The van der Waals surface area contributed by atoms with Gasteiger partial charge in [0.2, 0.25) is 5.88 Å². The van der Waals surface area contributed by atoms with Crippen molar-refractivity contribution in [1.29, 1.82) is 0 Å². The largest absolute Gasteiger partial charge is 0.497 e. The Hall–Kier alpha value is -3.48. The van der Waals surface area contributed by atoms with Crippen LogP contribution in [0.3, 0.4) is 0 Å². The Morgan fingerprint density at radius 1 is 1.00 bits per heavy atom. The van der Waals surface area contributed by atoms with Crippen molar-refractivity contribution in [3.05, 3.63) is 60.2 Å². The second kappa shape index (κ2) is 6.74. The molecular weight excluding hydrogens is 310 g/mol. The molecule has 0 atom stereocenters. The Morgan fingerprint density at radius 2 is 1.75 bits per heavy atom. The fourth-order valence-corrected chi connectivity index (χ4v) is 2.11. The zero-order valence-corrected chi connectivity index (χ0v) is 12.8. The highest BCUT2D eigenvalue weighted by atomic mass is 16.5. The molecule has 122 valence electrons. The number of hydrazine groups is 1. The van der Waals surface area contributed by atoms with E-state index >= 15 is 0 Å². The normalized spacial score (nSPS) is 10.2. The minimum absolute atomic E-state index is 0.285. The van der Waals surface area contributed by atoms with E-state index in [1.165, 1.54) is 0 Å². The fraction of sp³-hybridized carbons (Fsp3) is 0.0588. The Labute approximate surface area is 137 Å². The van der Waals surface area contributed by atoms with Crippen LogP contribution in [0.4, 0.5) is 10.7 Å². The summed E-state index contributed by atoms with van der Waals surface area (Å²) < 4.78 is 10.5. The van der Waals surface area contributed by atoms with Crippen LogP contribution in [0, 0.1) is 0 Å². The minimum atomic E-state index is -0.615. The molecule has 0 bridgehead atoms. The topological polar surface area (TPSA) is 92.6 Å². The Kier molecular flexibility index (Phi) is 4.33. The average molecular weight is 325 g/mol. The molecule has 0 aliphatic heterocycles. The summed E-state index contributed by atoms with van der Waals surface area (Å²) in [5.41, 5.74) is 5.62. The molecular formula is C17H15N3O4. The lowest BCUT2D eigenvalue weighted by molar-refractivity contribution is 0.0938. The maximum atomic E-state index is 11.9. The average Bonchev–Trinajstić information content (AvgIpc) is 3.02. The van der Waals surface area contributed by atoms with Crippen molar-refractivity contribution in [1.82, 2.24) is 10.9 Å². The van der Waals surface area contributed by atoms with Gasteiger partial charge in [-0.2, -0.15) is 0 Å². The number of rotatable bonds is 3. The van der Waals surface area contributed by atoms with Crippen LogP contribution in [0.25, 0.3) is 11.0 Å². The maximum absolute atomic E-state index is 11.9. The molecule has 0 aliphatic rings. The van der Waals surface area contributed by atoms with E-state index < -0.39 is 11.9 Å². The first-order valence-electron chi connectivity index (χ1n) is 7.15. The van der Waals surface area contributed by atoms with Gasteiger partial charge in [-0.15, -0.1) is 0 Å². The van der Waals surface area contributed by atoms with Crippen LogP contribution in [0.1, 0.15) is 10.4 Å². The van der Waals surface area contributed by atoms with Gasteiger partial charge < -0.3 is 9.15 Å². The molecule has 7 heteroatoms. The molecule has 0 saturated heterocycles. The third kappa shape index (κ3) is 3.46. The molecule has 0 aliphatic carbocycles. The summed E-state index contributed by atoms with van der Waals surface area (Å²) >= 11 is 0. The molecule has 0 radical (unpaired) electrons. The van der Waals surface area contributed by atoms with Gasteiger partial charge in [0.15, 0.2) is 0 Å². The Balaban J connectivity index is 1.55. The molecule has 0 unspecified atom stereocenters. The van der Waals surface area contributed by atoms with Gasteiger partial charge in [-0.25, -0.2) is 10.2 Å². The summed E-state index contributed by atoms with van der Waals surface area (Å²) in [6.07, 6.45) is 0. The van der Waals surface area contributed by atoms with E-state index in [9.17, 15) is 9.59 Å². The third-order valence-electron chi connectivity index (χ3n) is 3.30. The number of benzene rings is 2. The van der Waals surface area contributed by atoms with Crippen molar-refractivity contribution in [2.24, 2.45) is 0 Å². The van der Waals surface area contributed by atoms with Gasteiger partial charge in [-0.05, 0) is 30.3 Å². The van der Waals surface area contributed by atoms with E-state index in [2.05, 4.69) is 16.2 Å². The SMILES string of the molecule is COc1ccc(C(=O)NNC(=O)Nc2cc3ccccc3o2)cc1. The Morgan fingerprint density at radius 3 is 2.46 bits per heavy atom. The van der Waals surface area contributed by atoms with Gasteiger partial charge in [0, 0.05) is 17.0 Å². The summed E-state index contributed by atoms with van der Waals surface area (Å²) in [5, 5.41) is 3.38. The molecule has 3 amide bonds. The van der Waals surface area contributed by atoms with Crippen LogP contribution < -0.4 is 20.9 Å². The summed E-state index contributed by atoms with van der Waals surface area (Å²) in [7, 11) is 1.54. The van der Waals surface area contributed by atoms with Crippen LogP contribution >= 0.6 is 0 Å². The first kappa shape index (κ1) is 15.4. The number of para-hydroxylation sites is 1. The smallest absolute Gasteiger partial charge is 0.340 e. The number of furan rings is 1. The number of hydrogen-bond donors (Lipinski definition) is 3. The van der Waals surface area contributed by atoms with Crippen molar-refractivity contribution in [3.8, 4) is 5.75 Å². The number of anilines is 1. The van der Waals surface area contributed by atoms with Gasteiger partial charge in [-0.1, -0.05) is 18.2 Å². The highest BCUT2D eigenvalue weighted by Gasteiger charge is 2.09. The van der Waals surface area contributed by atoms with Gasteiger partial charge in [0.1, 0.15) is 11.3 Å². The lowest BCUT2D eigenvalue weighted by Gasteiger charge is -2.08. The van der Waals surface area contributed by atoms with E-state index in [4.69, 9.17) is 9.15 Å². The lowest BCUT2D eigenvalue weighted by Crippen LogP contribution is -2.43. The summed E-state index contributed by atoms with van der Waals surface area (Å²) in [6.45, 7) is 0. The minimum Gasteiger partial charge on any atom is -0.497 e. The number of carbonyl (C=O) groups is 2. The zero-order chi connectivity index (χ0) is 16.9. The Bertz CT molecular complexity index is 838. The van der Waals surface area contributed by atoms with E-state index in [1.54, 1.807) is 43.5 Å². The molecule has 1 heterocycles. The highest BCUT2D eigenvalue weighted by molar-refractivity contribution is 5.97. The number of amides is 3. The second-order valence-electron chi connectivity index (χ2n) is 4.91. The fourth-order valence-electron chi connectivity index (χ4n) is 2.11. The van der Waals surface area contributed by atoms with Gasteiger partial charge in [0.05, 0.1) is 7.11 Å². The molecule has 1 aromatic heterocycles. The number of fused-ring (bicyclic) bond motifs is 1. The number of hydrogen-bond acceptors (Lipinski definition) is 4. The van der Waals surface area contributed by atoms with Crippen LogP contribution in [0.2, 0.25) is 0 Å². The van der Waals surface area contributed by atoms with Gasteiger partial charge >= 0.3 is 6.03 Å². The number of methoxy groups -OCH3 is 1. The molecule has 0 spiro atoms. The van der Waals surface area contributed by atoms with E-state index in [1.807, 2.05) is 18.2 Å². The number of carbonyl (C=O) groups excluding carboxylic acids is 2. The second-order valence-corrected chi connectivity index (χ2v) is 4.91. The molecule has 24 heavy (non-hydrogen) atoms. The molecule has 0 saturated carbocycles. The third-order valence-corrected chi connectivity index (χ3v) is 3.30. The number of urea groups is 1. The molecule has 7 nitrogen and oxygen atoms in total. The number of nitrogens with one attached hydrogen (secondary N) is 3. The van der Waals surface area contributed by atoms with Gasteiger partial charge in [0.25, 0.3) is 5.91 Å². The predicted octanol–water partition coefficient (Wildman–Crippen LogP) is 2.91. The molecule has 3 rings (SSSR count). The standard InChI is InChI=1S/C17H15N3O4/c1-23-13-8-6-11(7-9-13)16(21)19-20-17(22)18-15-10-12-4-2-3-5-14(12)24-15/h2-10H,1H3,(H,19,21)(H2,18,20,22). The highest BCUT2D eigenvalue weighted by Crippen LogP contribution is 2.22. The van der Waals surface area contributed by atoms with Crippen molar-refractivity contribution in [3.63, 3.8) is 0 Å². The van der Waals surface area contributed by atoms with E-state index in [0.29, 0.717) is 16.9 Å². The molecule has 2 aromatic carbocycles. The van der Waals surface area contributed by atoms with Crippen LogP contribution in [0.5, 0.6) is 5.75 Å². The first-order chi connectivity index (χ1) is 11.7. The van der Waals surface area contributed by atoms with E-state index in [0.717, 1.165) is 5.39 Å². The van der Waals surface area contributed by atoms with Crippen molar-refractivity contribution < 1.29 is 18.7 Å². The van der Waals surface area contributed by atoms with Gasteiger partial charge in [-0.3, -0.25) is 15.5 Å². The van der Waals surface area contributed by atoms with E-state index in [-0.39, 0.29) is 5.88 Å². The lowest BCUT2D eigenvalue weighted by atomic mass is 10.2.